The van der Waals surface area contributed by atoms with Crippen LogP contribution < -0.4 is 11.1 Å². The van der Waals surface area contributed by atoms with Gasteiger partial charge in [0.2, 0.25) is 0 Å². The van der Waals surface area contributed by atoms with Crippen LogP contribution >= 0.6 is 0 Å². The highest BCUT2D eigenvalue weighted by molar-refractivity contribution is 5.75. The van der Waals surface area contributed by atoms with E-state index in [1.54, 1.807) is 6.20 Å². The van der Waals surface area contributed by atoms with Gasteiger partial charge in [-0.2, -0.15) is 0 Å². The smallest absolute Gasteiger partial charge is 0.145 e. The molecule has 0 aliphatic carbocycles. The first kappa shape index (κ1) is 11.5. The van der Waals surface area contributed by atoms with Gasteiger partial charge in [-0.1, -0.05) is 24.3 Å². The molecule has 3 N–H and O–H groups in total. The molecule has 0 spiro atoms. The van der Waals surface area contributed by atoms with Crippen molar-refractivity contribution in [2.24, 2.45) is 0 Å². The Morgan fingerprint density at radius 2 is 1.68 bits per heavy atom. The summed E-state index contributed by atoms with van der Waals surface area (Å²) in [4.78, 5) is 8.87. The molecule has 19 heavy (non-hydrogen) atoms. The van der Waals surface area contributed by atoms with Crippen molar-refractivity contribution in [2.75, 3.05) is 11.1 Å². The molecule has 0 saturated heterocycles. The lowest BCUT2D eigenvalue weighted by atomic mass is 10.2. The standard InChI is InChI=1S/C15H14N4/c16-12-7-5-11(6-8-12)9-18-15-10-17-13-3-1-2-4-14(13)19-15/h1-8,10H,9,16H2,(H,18,19). The molecule has 4 nitrogen and oxygen atoms in total. The summed E-state index contributed by atoms with van der Waals surface area (Å²) in [5.41, 5.74) is 9.38. The van der Waals surface area contributed by atoms with Gasteiger partial charge in [-0.3, -0.25) is 4.98 Å². The van der Waals surface area contributed by atoms with Gasteiger partial charge >= 0.3 is 0 Å². The van der Waals surface area contributed by atoms with Crippen molar-refractivity contribution in [3.8, 4) is 0 Å². The zero-order chi connectivity index (χ0) is 13.1. The van der Waals surface area contributed by atoms with E-state index in [0.29, 0.717) is 6.54 Å². The number of benzene rings is 2. The van der Waals surface area contributed by atoms with Gasteiger partial charge < -0.3 is 11.1 Å². The number of rotatable bonds is 3. The van der Waals surface area contributed by atoms with Crippen LogP contribution in [0.4, 0.5) is 11.5 Å². The van der Waals surface area contributed by atoms with Crippen LogP contribution in [-0.4, -0.2) is 9.97 Å². The number of hydrogen-bond donors (Lipinski definition) is 2. The Hall–Kier alpha value is -2.62. The summed E-state index contributed by atoms with van der Waals surface area (Å²) in [6.07, 6.45) is 1.75. The second-order valence-corrected chi connectivity index (χ2v) is 4.34. The maximum Gasteiger partial charge on any atom is 0.145 e. The van der Waals surface area contributed by atoms with Crippen molar-refractivity contribution >= 4 is 22.5 Å². The van der Waals surface area contributed by atoms with Gasteiger partial charge in [0, 0.05) is 12.2 Å². The first-order valence-corrected chi connectivity index (χ1v) is 6.11. The molecule has 94 valence electrons. The van der Waals surface area contributed by atoms with Crippen molar-refractivity contribution < 1.29 is 0 Å². The Labute approximate surface area is 111 Å². The van der Waals surface area contributed by atoms with E-state index in [1.165, 1.54) is 0 Å². The second-order valence-electron chi connectivity index (χ2n) is 4.34. The summed E-state index contributed by atoms with van der Waals surface area (Å²) in [6.45, 7) is 0.702. The number of anilines is 2. The molecule has 2 aromatic carbocycles. The molecule has 1 aromatic heterocycles. The van der Waals surface area contributed by atoms with E-state index in [-0.39, 0.29) is 0 Å². The molecule has 0 saturated carbocycles. The molecule has 0 radical (unpaired) electrons. The van der Waals surface area contributed by atoms with Gasteiger partial charge in [-0.15, -0.1) is 0 Å². The Kier molecular flexibility index (Phi) is 2.98. The largest absolute Gasteiger partial charge is 0.399 e. The van der Waals surface area contributed by atoms with Gasteiger partial charge in [0.1, 0.15) is 5.82 Å². The van der Waals surface area contributed by atoms with Crippen molar-refractivity contribution in [2.45, 2.75) is 6.54 Å². The number of para-hydroxylation sites is 2. The number of hydrogen-bond acceptors (Lipinski definition) is 4. The fourth-order valence-corrected chi connectivity index (χ4v) is 1.87. The number of fused-ring (bicyclic) bond motifs is 1. The van der Waals surface area contributed by atoms with Crippen LogP contribution in [0.15, 0.2) is 54.7 Å². The summed E-state index contributed by atoms with van der Waals surface area (Å²) in [6, 6.07) is 15.6. The average Bonchev–Trinajstić information content (AvgIpc) is 2.46. The molecule has 4 heteroatoms. The molecular formula is C15H14N4. The highest BCUT2D eigenvalue weighted by Crippen LogP contribution is 2.12. The first-order chi connectivity index (χ1) is 9.31. The molecule has 0 fully saturated rings. The quantitative estimate of drug-likeness (QED) is 0.702. The monoisotopic (exact) mass is 250 g/mol. The maximum atomic E-state index is 5.65. The van der Waals surface area contributed by atoms with Gasteiger partial charge in [0.25, 0.3) is 0 Å². The van der Waals surface area contributed by atoms with E-state index >= 15 is 0 Å². The number of nitrogen functional groups attached to an aromatic ring is 1. The predicted octanol–water partition coefficient (Wildman–Crippen LogP) is 2.82. The molecule has 0 aliphatic rings. The Morgan fingerprint density at radius 1 is 0.947 bits per heavy atom. The van der Waals surface area contributed by atoms with E-state index in [4.69, 9.17) is 5.73 Å². The van der Waals surface area contributed by atoms with Crippen molar-refractivity contribution in [1.82, 2.24) is 9.97 Å². The number of aromatic nitrogens is 2. The zero-order valence-corrected chi connectivity index (χ0v) is 10.4. The minimum atomic E-state index is 0.702. The zero-order valence-electron chi connectivity index (χ0n) is 10.4. The Balaban J connectivity index is 1.76. The molecule has 0 amide bonds. The molecule has 3 aromatic rings. The van der Waals surface area contributed by atoms with Crippen LogP contribution in [0.1, 0.15) is 5.56 Å². The number of nitrogens with zero attached hydrogens (tertiary/aromatic N) is 2. The lowest BCUT2D eigenvalue weighted by molar-refractivity contribution is 1.11. The van der Waals surface area contributed by atoms with Gasteiger partial charge in [0.05, 0.1) is 17.2 Å². The molecule has 0 aliphatic heterocycles. The fraction of sp³-hybridized carbons (Fsp3) is 0.0667. The third-order valence-electron chi connectivity index (χ3n) is 2.90. The van der Waals surface area contributed by atoms with Crippen molar-refractivity contribution in [3.63, 3.8) is 0 Å². The Morgan fingerprint density at radius 3 is 2.47 bits per heavy atom. The van der Waals surface area contributed by atoms with Gasteiger partial charge in [-0.25, -0.2) is 4.98 Å². The lowest BCUT2D eigenvalue weighted by Gasteiger charge is -2.06. The third kappa shape index (κ3) is 2.63. The molecule has 0 unspecified atom stereocenters. The highest BCUT2D eigenvalue weighted by Gasteiger charge is 1.99. The first-order valence-electron chi connectivity index (χ1n) is 6.11. The van der Waals surface area contributed by atoms with Crippen molar-refractivity contribution in [3.05, 3.63) is 60.3 Å². The van der Waals surface area contributed by atoms with Crippen LogP contribution in [0.3, 0.4) is 0 Å². The van der Waals surface area contributed by atoms with E-state index in [0.717, 1.165) is 28.1 Å². The summed E-state index contributed by atoms with van der Waals surface area (Å²) in [5, 5.41) is 3.26. The molecule has 3 rings (SSSR count). The third-order valence-corrected chi connectivity index (χ3v) is 2.90. The van der Waals surface area contributed by atoms with Crippen LogP contribution in [0, 0.1) is 0 Å². The minimum absolute atomic E-state index is 0.702. The fourth-order valence-electron chi connectivity index (χ4n) is 1.87. The van der Waals surface area contributed by atoms with Crippen LogP contribution in [0.25, 0.3) is 11.0 Å². The molecular weight excluding hydrogens is 236 g/mol. The van der Waals surface area contributed by atoms with Crippen LogP contribution in [-0.2, 0) is 6.54 Å². The SMILES string of the molecule is Nc1ccc(CNc2cnc3ccccc3n2)cc1. The van der Waals surface area contributed by atoms with E-state index in [1.807, 2.05) is 48.5 Å². The predicted molar refractivity (Wildman–Crippen MR) is 77.7 cm³/mol. The minimum Gasteiger partial charge on any atom is -0.399 e. The number of nitrogens with two attached hydrogens (primary N) is 1. The van der Waals surface area contributed by atoms with Gasteiger partial charge in [-0.05, 0) is 29.8 Å². The lowest BCUT2D eigenvalue weighted by Crippen LogP contribution is -2.02. The number of nitrogens with one attached hydrogen (secondary N) is 1. The summed E-state index contributed by atoms with van der Waals surface area (Å²) < 4.78 is 0. The van der Waals surface area contributed by atoms with E-state index in [2.05, 4.69) is 15.3 Å². The second kappa shape index (κ2) is 4.94. The highest BCUT2D eigenvalue weighted by atomic mass is 15.0. The van der Waals surface area contributed by atoms with Crippen molar-refractivity contribution in [1.29, 1.82) is 0 Å². The molecule has 1 heterocycles. The summed E-state index contributed by atoms with van der Waals surface area (Å²) in [7, 11) is 0. The normalized spacial score (nSPS) is 10.5. The van der Waals surface area contributed by atoms with Gasteiger partial charge in [0.15, 0.2) is 0 Å². The average molecular weight is 250 g/mol. The van der Waals surface area contributed by atoms with Crippen LogP contribution in [0.5, 0.6) is 0 Å². The van der Waals surface area contributed by atoms with Crippen LogP contribution in [0.2, 0.25) is 0 Å². The summed E-state index contributed by atoms with van der Waals surface area (Å²) >= 11 is 0. The topological polar surface area (TPSA) is 63.8 Å². The summed E-state index contributed by atoms with van der Waals surface area (Å²) in [5.74, 6) is 0.774. The van der Waals surface area contributed by atoms with E-state index < -0.39 is 0 Å². The van der Waals surface area contributed by atoms with E-state index in [9.17, 15) is 0 Å². The maximum absolute atomic E-state index is 5.65. The molecule has 0 atom stereocenters. The Bertz CT molecular complexity index is 692. The molecule has 0 bridgehead atoms.